The molecule has 28 heavy (non-hydrogen) atoms. The van der Waals surface area contributed by atoms with Crippen LogP contribution < -0.4 is 11.1 Å². The first-order valence-corrected chi connectivity index (χ1v) is 9.37. The van der Waals surface area contributed by atoms with Crippen molar-refractivity contribution < 1.29 is 0 Å². The van der Waals surface area contributed by atoms with E-state index < -0.39 is 0 Å². The predicted molar refractivity (Wildman–Crippen MR) is 127 cm³/mol. The van der Waals surface area contributed by atoms with Crippen LogP contribution in [-0.2, 0) is 13.1 Å². The topological polar surface area (TPSA) is 68.2 Å². The average Bonchev–Trinajstić information content (AvgIpc) is 3.20. The number of rotatable bonds is 7. The minimum Gasteiger partial charge on any atom is -0.370 e. The highest BCUT2D eigenvalue weighted by Crippen LogP contribution is 2.20. The van der Waals surface area contributed by atoms with Gasteiger partial charge >= 0.3 is 0 Å². The van der Waals surface area contributed by atoms with Gasteiger partial charge in [-0.1, -0.05) is 50.2 Å². The molecule has 5 nitrogen and oxygen atoms in total. The first kappa shape index (κ1) is 21.9. The summed E-state index contributed by atoms with van der Waals surface area (Å²) in [5, 5.41) is 7.44. The van der Waals surface area contributed by atoms with E-state index in [-0.39, 0.29) is 24.0 Å². The quantitative estimate of drug-likeness (QED) is 0.279. The molecule has 1 aromatic heterocycles. The van der Waals surface area contributed by atoms with E-state index in [0.717, 1.165) is 24.2 Å². The fourth-order valence-corrected chi connectivity index (χ4v) is 2.92. The second kappa shape index (κ2) is 10.8. The molecule has 0 saturated heterocycles. The Labute approximate surface area is 184 Å². The number of benzene rings is 2. The summed E-state index contributed by atoms with van der Waals surface area (Å²) in [5.74, 6) is 0.983. The van der Waals surface area contributed by atoms with Gasteiger partial charge in [-0.25, -0.2) is 4.99 Å². The van der Waals surface area contributed by atoms with E-state index >= 15 is 0 Å². The van der Waals surface area contributed by atoms with Crippen LogP contribution in [0.2, 0.25) is 0 Å². The number of nitrogens with two attached hydrogens (primary N) is 1. The predicted octanol–water partition coefficient (Wildman–Crippen LogP) is 4.99. The average molecular weight is 489 g/mol. The first-order valence-electron chi connectivity index (χ1n) is 9.37. The van der Waals surface area contributed by atoms with Crippen LogP contribution in [0, 0.1) is 0 Å². The van der Waals surface area contributed by atoms with Gasteiger partial charge < -0.3 is 11.1 Å². The second-order valence-electron chi connectivity index (χ2n) is 6.73. The summed E-state index contributed by atoms with van der Waals surface area (Å²) >= 11 is 0. The number of aliphatic imine (C=N–C) groups is 1. The minimum absolute atomic E-state index is 0. The molecular formula is C22H28IN5. The highest BCUT2D eigenvalue weighted by atomic mass is 127. The van der Waals surface area contributed by atoms with Gasteiger partial charge in [-0.2, -0.15) is 5.10 Å². The van der Waals surface area contributed by atoms with Crippen LogP contribution in [0.3, 0.4) is 0 Å². The van der Waals surface area contributed by atoms with Crippen molar-refractivity contribution in [2.45, 2.75) is 39.3 Å². The summed E-state index contributed by atoms with van der Waals surface area (Å²) in [7, 11) is 0. The van der Waals surface area contributed by atoms with Crippen LogP contribution in [0.15, 0.2) is 72.0 Å². The van der Waals surface area contributed by atoms with Crippen LogP contribution in [0.25, 0.3) is 0 Å². The lowest BCUT2D eigenvalue weighted by molar-refractivity contribution is 0.681. The lowest BCUT2D eigenvalue weighted by atomic mass is 9.99. The van der Waals surface area contributed by atoms with E-state index in [1.54, 1.807) is 6.20 Å². The van der Waals surface area contributed by atoms with Crippen molar-refractivity contribution in [2.24, 2.45) is 10.7 Å². The van der Waals surface area contributed by atoms with Gasteiger partial charge in [0.2, 0.25) is 0 Å². The monoisotopic (exact) mass is 489 g/mol. The molecule has 3 rings (SSSR count). The molecule has 2 aromatic carbocycles. The molecule has 0 aliphatic carbocycles. The van der Waals surface area contributed by atoms with Crippen LogP contribution >= 0.6 is 24.0 Å². The number of halogens is 1. The Balaban J connectivity index is 0.00000280. The van der Waals surface area contributed by atoms with Crippen LogP contribution in [0.4, 0.5) is 5.69 Å². The van der Waals surface area contributed by atoms with Gasteiger partial charge in [0.1, 0.15) is 0 Å². The van der Waals surface area contributed by atoms with Gasteiger partial charge in [0, 0.05) is 18.1 Å². The summed E-state index contributed by atoms with van der Waals surface area (Å²) in [4.78, 5) is 4.51. The van der Waals surface area contributed by atoms with Crippen molar-refractivity contribution in [1.82, 2.24) is 9.78 Å². The summed E-state index contributed by atoms with van der Waals surface area (Å²) < 4.78 is 1.91. The minimum atomic E-state index is 0. The van der Waals surface area contributed by atoms with Gasteiger partial charge in [0.15, 0.2) is 5.96 Å². The number of nitrogens with one attached hydrogen (secondary N) is 1. The number of aromatic nitrogens is 2. The number of guanidine groups is 1. The number of hydrogen-bond acceptors (Lipinski definition) is 2. The molecule has 1 heterocycles. The molecule has 0 aliphatic heterocycles. The Bertz CT molecular complexity index is 872. The van der Waals surface area contributed by atoms with Gasteiger partial charge in [-0.05, 0) is 47.2 Å². The van der Waals surface area contributed by atoms with Crippen molar-refractivity contribution in [2.75, 3.05) is 5.32 Å². The number of anilines is 1. The lowest BCUT2D eigenvalue weighted by Crippen LogP contribution is -2.22. The SMILES string of the molecule is CCC(C)c1ccc(NC(N)=NCc2ccccc2Cn2cccn2)cc1.I. The zero-order valence-corrected chi connectivity index (χ0v) is 18.7. The fourth-order valence-electron chi connectivity index (χ4n) is 2.92. The second-order valence-corrected chi connectivity index (χ2v) is 6.73. The molecule has 148 valence electrons. The Morgan fingerprint density at radius 2 is 1.82 bits per heavy atom. The van der Waals surface area contributed by atoms with E-state index in [2.05, 4.69) is 65.7 Å². The number of nitrogens with zero attached hydrogens (tertiary/aromatic N) is 3. The lowest BCUT2D eigenvalue weighted by Gasteiger charge is -2.11. The summed E-state index contributed by atoms with van der Waals surface area (Å²) in [5.41, 5.74) is 10.7. The Morgan fingerprint density at radius 3 is 2.46 bits per heavy atom. The third-order valence-corrected chi connectivity index (χ3v) is 4.79. The zero-order valence-electron chi connectivity index (χ0n) is 16.4. The van der Waals surface area contributed by atoms with Gasteiger partial charge in [0.05, 0.1) is 13.1 Å². The largest absolute Gasteiger partial charge is 0.370 e. The first-order chi connectivity index (χ1) is 13.2. The van der Waals surface area contributed by atoms with Gasteiger partial charge in [-0.15, -0.1) is 24.0 Å². The maximum atomic E-state index is 6.09. The molecule has 3 N–H and O–H groups in total. The van der Waals surface area contributed by atoms with Gasteiger partial charge in [-0.3, -0.25) is 4.68 Å². The molecule has 6 heteroatoms. The maximum Gasteiger partial charge on any atom is 0.193 e. The third-order valence-electron chi connectivity index (χ3n) is 4.79. The molecule has 0 saturated carbocycles. The molecule has 1 unspecified atom stereocenters. The highest BCUT2D eigenvalue weighted by molar-refractivity contribution is 14.0. The zero-order chi connectivity index (χ0) is 19.1. The van der Waals surface area contributed by atoms with Crippen LogP contribution in [0.1, 0.15) is 42.9 Å². The van der Waals surface area contributed by atoms with Crippen molar-refractivity contribution in [3.05, 3.63) is 83.7 Å². The van der Waals surface area contributed by atoms with Crippen molar-refractivity contribution in [3.8, 4) is 0 Å². The van der Waals surface area contributed by atoms with Crippen molar-refractivity contribution in [1.29, 1.82) is 0 Å². The molecule has 0 spiro atoms. The Kier molecular flexibility index (Phi) is 8.50. The van der Waals surface area contributed by atoms with E-state index in [1.165, 1.54) is 11.1 Å². The standard InChI is InChI=1S/C22H27N5.HI/c1-3-17(2)18-9-11-21(12-10-18)26-22(23)24-15-19-7-4-5-8-20(19)16-27-14-6-13-25-27;/h4-14,17H,3,15-16H2,1-2H3,(H3,23,24,26);1H. The van der Waals surface area contributed by atoms with Crippen molar-refractivity contribution in [3.63, 3.8) is 0 Å². The molecule has 0 aliphatic rings. The Hall–Kier alpha value is -2.35. The maximum absolute atomic E-state index is 6.09. The molecule has 0 bridgehead atoms. The van der Waals surface area contributed by atoms with Crippen LogP contribution in [0.5, 0.6) is 0 Å². The summed E-state index contributed by atoms with van der Waals surface area (Å²) in [6, 6.07) is 18.5. The van der Waals surface area contributed by atoms with E-state index in [1.807, 2.05) is 29.1 Å². The normalized spacial score (nSPS) is 12.3. The van der Waals surface area contributed by atoms with E-state index in [9.17, 15) is 0 Å². The fraction of sp³-hybridized carbons (Fsp3) is 0.273. The van der Waals surface area contributed by atoms with Gasteiger partial charge in [0.25, 0.3) is 0 Å². The van der Waals surface area contributed by atoms with E-state index in [0.29, 0.717) is 18.4 Å². The molecule has 0 radical (unpaired) electrons. The molecule has 3 aromatic rings. The molecule has 0 amide bonds. The Morgan fingerprint density at radius 1 is 1.11 bits per heavy atom. The summed E-state index contributed by atoms with van der Waals surface area (Å²) in [6.45, 7) is 5.69. The molecule has 0 fully saturated rings. The smallest absolute Gasteiger partial charge is 0.193 e. The third kappa shape index (κ3) is 6.09. The molecule has 1 atom stereocenters. The van der Waals surface area contributed by atoms with Crippen molar-refractivity contribution >= 4 is 35.6 Å². The highest BCUT2D eigenvalue weighted by Gasteiger charge is 2.04. The van der Waals surface area contributed by atoms with E-state index in [4.69, 9.17) is 5.73 Å². The van der Waals surface area contributed by atoms with Crippen LogP contribution in [-0.4, -0.2) is 15.7 Å². The summed E-state index contributed by atoms with van der Waals surface area (Å²) in [6.07, 6.45) is 4.88. The molecular weight excluding hydrogens is 461 g/mol. The number of hydrogen-bond donors (Lipinski definition) is 2.